The van der Waals surface area contributed by atoms with Gasteiger partial charge in [-0.1, -0.05) is 19.3 Å². The predicted octanol–water partition coefficient (Wildman–Crippen LogP) is 2.41. The fraction of sp³-hybridized carbons (Fsp3) is 0.615. The number of rotatable bonds is 4. The summed E-state index contributed by atoms with van der Waals surface area (Å²) in [6.45, 7) is 1.85. The summed E-state index contributed by atoms with van der Waals surface area (Å²) in [5.41, 5.74) is 0.393. The summed E-state index contributed by atoms with van der Waals surface area (Å²) in [7, 11) is 0. The number of anilines is 1. The highest BCUT2D eigenvalue weighted by molar-refractivity contribution is 5.50. The molecule has 0 radical (unpaired) electrons. The molecule has 6 nitrogen and oxygen atoms in total. The third kappa shape index (κ3) is 3.01. The Morgan fingerprint density at radius 2 is 2.16 bits per heavy atom. The quantitative estimate of drug-likeness (QED) is 0.644. The molecule has 1 fully saturated rings. The number of nitrogens with zero attached hydrogens (tertiary/aromatic N) is 2. The summed E-state index contributed by atoms with van der Waals surface area (Å²) in [5, 5.41) is 23.6. The molecule has 0 saturated heterocycles. The molecule has 19 heavy (non-hydrogen) atoms. The first-order valence-corrected chi connectivity index (χ1v) is 6.56. The van der Waals surface area contributed by atoms with Crippen molar-refractivity contribution in [1.82, 2.24) is 4.98 Å². The topological polar surface area (TPSA) is 88.3 Å². The Bertz CT molecular complexity index is 470. The zero-order valence-corrected chi connectivity index (χ0v) is 11.1. The van der Waals surface area contributed by atoms with Crippen LogP contribution in [0, 0.1) is 17.0 Å². The first kappa shape index (κ1) is 13.7. The lowest BCUT2D eigenvalue weighted by Crippen LogP contribution is -2.44. The lowest BCUT2D eigenvalue weighted by molar-refractivity contribution is -0.385. The molecule has 2 rings (SSSR count). The zero-order valence-electron chi connectivity index (χ0n) is 11.1. The van der Waals surface area contributed by atoms with Crippen molar-refractivity contribution < 1.29 is 10.0 Å². The molecule has 0 atom stereocenters. The van der Waals surface area contributed by atoms with Crippen LogP contribution in [-0.4, -0.2) is 27.2 Å². The second kappa shape index (κ2) is 5.52. The van der Waals surface area contributed by atoms with E-state index < -0.39 is 4.92 Å². The summed E-state index contributed by atoms with van der Waals surface area (Å²) in [6.07, 6.45) is 6.42. The van der Waals surface area contributed by atoms with Gasteiger partial charge in [-0.15, -0.1) is 0 Å². The summed E-state index contributed by atoms with van der Waals surface area (Å²) < 4.78 is 0. The Kier molecular flexibility index (Phi) is 3.99. The smallest absolute Gasteiger partial charge is 0.287 e. The fourth-order valence-corrected chi connectivity index (χ4v) is 2.59. The summed E-state index contributed by atoms with van der Waals surface area (Å²) >= 11 is 0. The number of pyridine rings is 1. The van der Waals surface area contributed by atoms with Crippen LogP contribution in [0.3, 0.4) is 0 Å². The van der Waals surface area contributed by atoms with Crippen LogP contribution in [0.1, 0.15) is 37.7 Å². The van der Waals surface area contributed by atoms with Gasteiger partial charge in [0.15, 0.2) is 0 Å². The third-order valence-electron chi connectivity index (χ3n) is 3.77. The number of aromatic nitrogens is 1. The Morgan fingerprint density at radius 3 is 2.68 bits per heavy atom. The van der Waals surface area contributed by atoms with E-state index in [1.807, 2.05) is 0 Å². The standard InChI is InChI=1S/C13H19N3O3/c1-10-7-11(16(18)19)8-14-12(10)15-13(9-17)5-3-2-4-6-13/h7-8,17H,2-6,9H2,1H3,(H,14,15). The SMILES string of the molecule is Cc1cc([N+](=O)[O-])cnc1NC1(CO)CCCCC1. The first-order valence-electron chi connectivity index (χ1n) is 6.56. The molecule has 104 valence electrons. The van der Waals surface area contributed by atoms with Crippen LogP contribution in [0.4, 0.5) is 11.5 Å². The van der Waals surface area contributed by atoms with E-state index in [2.05, 4.69) is 10.3 Å². The number of hydrogen-bond acceptors (Lipinski definition) is 5. The van der Waals surface area contributed by atoms with E-state index in [1.165, 1.54) is 18.7 Å². The molecule has 1 aliphatic rings. The van der Waals surface area contributed by atoms with Gasteiger partial charge in [0, 0.05) is 6.07 Å². The summed E-state index contributed by atoms with van der Waals surface area (Å²) in [4.78, 5) is 14.3. The number of nitro groups is 1. The number of hydrogen-bond donors (Lipinski definition) is 2. The maximum Gasteiger partial charge on any atom is 0.287 e. The van der Waals surface area contributed by atoms with Gasteiger partial charge in [-0.05, 0) is 25.3 Å². The largest absolute Gasteiger partial charge is 0.394 e. The van der Waals surface area contributed by atoms with E-state index in [1.54, 1.807) is 6.92 Å². The molecule has 0 amide bonds. The predicted molar refractivity (Wildman–Crippen MR) is 72.2 cm³/mol. The Labute approximate surface area is 112 Å². The van der Waals surface area contributed by atoms with Gasteiger partial charge in [0.05, 0.1) is 17.1 Å². The minimum Gasteiger partial charge on any atom is -0.394 e. The van der Waals surface area contributed by atoms with E-state index in [-0.39, 0.29) is 17.8 Å². The Balaban J connectivity index is 2.20. The molecule has 0 bridgehead atoms. The van der Waals surface area contributed by atoms with Gasteiger partial charge < -0.3 is 10.4 Å². The van der Waals surface area contributed by atoms with Gasteiger partial charge in [-0.25, -0.2) is 4.98 Å². The molecular formula is C13H19N3O3. The van der Waals surface area contributed by atoms with E-state index in [0.29, 0.717) is 5.82 Å². The van der Waals surface area contributed by atoms with Crippen LogP contribution in [0.25, 0.3) is 0 Å². The molecule has 1 heterocycles. The molecule has 0 spiro atoms. The lowest BCUT2D eigenvalue weighted by Gasteiger charge is -2.37. The van der Waals surface area contributed by atoms with Gasteiger partial charge in [0.1, 0.15) is 12.0 Å². The molecule has 0 aromatic carbocycles. The monoisotopic (exact) mass is 265 g/mol. The minimum atomic E-state index is -0.452. The van der Waals surface area contributed by atoms with E-state index >= 15 is 0 Å². The molecule has 0 aliphatic heterocycles. The highest BCUT2D eigenvalue weighted by Gasteiger charge is 2.32. The highest BCUT2D eigenvalue weighted by Crippen LogP contribution is 2.32. The van der Waals surface area contributed by atoms with Crippen molar-refractivity contribution in [3.05, 3.63) is 27.9 Å². The van der Waals surface area contributed by atoms with E-state index in [0.717, 1.165) is 31.2 Å². The van der Waals surface area contributed by atoms with E-state index in [9.17, 15) is 15.2 Å². The maximum absolute atomic E-state index is 10.7. The maximum atomic E-state index is 10.7. The van der Waals surface area contributed by atoms with Crippen molar-refractivity contribution in [1.29, 1.82) is 0 Å². The van der Waals surface area contributed by atoms with Crippen molar-refractivity contribution in [2.24, 2.45) is 0 Å². The van der Waals surface area contributed by atoms with Crippen LogP contribution in [0.15, 0.2) is 12.3 Å². The van der Waals surface area contributed by atoms with Gasteiger partial charge >= 0.3 is 0 Å². The van der Waals surface area contributed by atoms with Gasteiger partial charge in [-0.2, -0.15) is 0 Å². The molecule has 0 unspecified atom stereocenters. The Hall–Kier alpha value is -1.69. The van der Waals surface area contributed by atoms with Crippen LogP contribution in [0.5, 0.6) is 0 Å². The zero-order chi connectivity index (χ0) is 13.9. The van der Waals surface area contributed by atoms with Gasteiger partial charge in [0.25, 0.3) is 5.69 Å². The molecule has 1 aromatic heterocycles. The fourth-order valence-electron chi connectivity index (χ4n) is 2.59. The number of aryl methyl sites for hydroxylation is 1. The van der Waals surface area contributed by atoms with Crippen LogP contribution in [0.2, 0.25) is 0 Å². The average molecular weight is 265 g/mol. The Morgan fingerprint density at radius 1 is 1.47 bits per heavy atom. The number of aliphatic hydroxyl groups excluding tert-OH is 1. The molecule has 1 aromatic rings. The normalized spacial score (nSPS) is 18.0. The second-order valence-electron chi connectivity index (χ2n) is 5.24. The molecule has 1 aliphatic carbocycles. The highest BCUT2D eigenvalue weighted by atomic mass is 16.6. The second-order valence-corrected chi connectivity index (χ2v) is 5.24. The van der Waals surface area contributed by atoms with Crippen molar-refractivity contribution in [3.63, 3.8) is 0 Å². The van der Waals surface area contributed by atoms with Crippen molar-refractivity contribution in [2.75, 3.05) is 11.9 Å². The first-order chi connectivity index (χ1) is 9.06. The minimum absolute atomic E-state index is 0.00950. The third-order valence-corrected chi connectivity index (χ3v) is 3.77. The van der Waals surface area contributed by atoms with E-state index in [4.69, 9.17) is 0 Å². The number of nitrogens with one attached hydrogen (secondary N) is 1. The lowest BCUT2D eigenvalue weighted by atomic mass is 9.82. The average Bonchev–Trinajstić information content (AvgIpc) is 2.42. The number of aliphatic hydroxyl groups is 1. The van der Waals surface area contributed by atoms with Crippen LogP contribution >= 0.6 is 0 Å². The summed E-state index contributed by atoms with van der Waals surface area (Å²) in [6, 6.07) is 1.50. The summed E-state index contributed by atoms with van der Waals surface area (Å²) in [5.74, 6) is 0.626. The van der Waals surface area contributed by atoms with Gasteiger partial charge in [-0.3, -0.25) is 10.1 Å². The molecule has 1 saturated carbocycles. The van der Waals surface area contributed by atoms with Crippen molar-refractivity contribution in [3.8, 4) is 0 Å². The molecule has 2 N–H and O–H groups in total. The molecular weight excluding hydrogens is 246 g/mol. The molecule has 6 heteroatoms. The van der Waals surface area contributed by atoms with Gasteiger partial charge in [0.2, 0.25) is 0 Å². The van der Waals surface area contributed by atoms with Crippen molar-refractivity contribution >= 4 is 11.5 Å². The van der Waals surface area contributed by atoms with Crippen LogP contribution < -0.4 is 5.32 Å². The van der Waals surface area contributed by atoms with Crippen LogP contribution in [-0.2, 0) is 0 Å². The van der Waals surface area contributed by atoms with Crippen molar-refractivity contribution in [2.45, 2.75) is 44.6 Å².